The van der Waals surface area contributed by atoms with Gasteiger partial charge in [0.05, 0.1) is 26.9 Å². The van der Waals surface area contributed by atoms with Crippen LogP contribution in [0, 0.1) is 0 Å². The number of phenolic OH excluding ortho intramolecular Hbond substituents is 1. The molecule has 7 nitrogen and oxygen atoms in total. The van der Waals surface area contributed by atoms with Crippen LogP contribution in [-0.2, 0) is 6.42 Å². The molecule has 0 unspecified atom stereocenters. The molecule has 0 aliphatic heterocycles. The normalized spacial score (nSPS) is 10.3. The molecule has 0 bridgehead atoms. The molecule has 3 rings (SSSR count). The van der Waals surface area contributed by atoms with Crippen LogP contribution in [0.5, 0.6) is 23.0 Å². The molecule has 3 N–H and O–H groups in total. The Bertz CT molecular complexity index is 1030. The predicted molar refractivity (Wildman–Crippen MR) is 116 cm³/mol. The van der Waals surface area contributed by atoms with Gasteiger partial charge in [-0.05, 0) is 47.7 Å². The van der Waals surface area contributed by atoms with Gasteiger partial charge in [-0.2, -0.15) is 0 Å². The maximum atomic E-state index is 12.9. The number of likely N-dealkylation sites (N-methyl/N-ethyl adjacent to an activating group) is 1. The first-order chi connectivity index (χ1) is 14.0. The molecule has 30 heavy (non-hydrogen) atoms. The summed E-state index contributed by atoms with van der Waals surface area (Å²) in [6.07, 6.45) is 0.644. The molecule has 3 aromatic carbocycles. The summed E-state index contributed by atoms with van der Waals surface area (Å²) >= 11 is 0. The lowest BCUT2D eigenvalue weighted by molar-refractivity contribution is 0.0794. The second kappa shape index (κ2) is 9.84. The van der Waals surface area contributed by atoms with E-state index >= 15 is 0 Å². The van der Waals surface area contributed by atoms with Gasteiger partial charge < -0.3 is 29.7 Å². The minimum Gasteiger partial charge on any atom is -0.507 e. The molecule has 0 saturated heterocycles. The third-order valence-corrected chi connectivity index (χ3v) is 4.94. The second-order valence-electron chi connectivity index (χ2n) is 6.72. The van der Waals surface area contributed by atoms with Crippen molar-refractivity contribution in [2.24, 2.45) is 0 Å². The van der Waals surface area contributed by atoms with Crippen molar-refractivity contribution in [3.05, 3.63) is 59.7 Å². The van der Waals surface area contributed by atoms with Crippen LogP contribution < -0.4 is 14.2 Å². The average molecular weight is 413 g/mol. The minimum absolute atomic E-state index is 0. The van der Waals surface area contributed by atoms with Crippen LogP contribution >= 0.6 is 0 Å². The molecule has 1 amide bonds. The summed E-state index contributed by atoms with van der Waals surface area (Å²) in [5.41, 5.74) is 1.29. The second-order valence-corrected chi connectivity index (χ2v) is 6.72. The summed E-state index contributed by atoms with van der Waals surface area (Å²) in [4.78, 5) is 14.5. The fourth-order valence-electron chi connectivity index (χ4n) is 3.27. The third kappa shape index (κ3) is 4.58. The fourth-order valence-corrected chi connectivity index (χ4v) is 3.27. The van der Waals surface area contributed by atoms with E-state index in [1.165, 1.54) is 0 Å². The van der Waals surface area contributed by atoms with Crippen molar-refractivity contribution in [2.45, 2.75) is 6.42 Å². The molecule has 0 atom stereocenters. The van der Waals surface area contributed by atoms with E-state index in [2.05, 4.69) is 0 Å². The molecule has 160 valence electrons. The maximum Gasteiger partial charge on any atom is 0.257 e. The lowest BCUT2D eigenvalue weighted by Crippen LogP contribution is -2.28. The van der Waals surface area contributed by atoms with Crippen molar-refractivity contribution < 1.29 is 29.6 Å². The number of hydrogen-bond donors (Lipinski definition) is 1. The Morgan fingerprint density at radius 3 is 2.30 bits per heavy atom. The van der Waals surface area contributed by atoms with Crippen molar-refractivity contribution in [3.63, 3.8) is 0 Å². The summed E-state index contributed by atoms with van der Waals surface area (Å²) < 4.78 is 15.9. The lowest BCUT2D eigenvalue weighted by Gasteiger charge is -2.19. The molecule has 7 heteroatoms. The van der Waals surface area contributed by atoms with Gasteiger partial charge in [0, 0.05) is 19.0 Å². The van der Waals surface area contributed by atoms with Crippen LogP contribution in [0.1, 0.15) is 15.9 Å². The van der Waals surface area contributed by atoms with E-state index in [1.54, 1.807) is 45.4 Å². The highest BCUT2D eigenvalue weighted by Gasteiger charge is 2.18. The molecule has 0 radical (unpaired) electrons. The number of aromatic hydroxyl groups is 1. The van der Waals surface area contributed by atoms with Crippen molar-refractivity contribution in [1.82, 2.24) is 4.90 Å². The Hall–Kier alpha value is -3.45. The summed E-state index contributed by atoms with van der Waals surface area (Å²) in [6, 6.07) is 14.5. The van der Waals surface area contributed by atoms with E-state index in [0.29, 0.717) is 30.2 Å². The number of fused-ring (bicyclic) bond motifs is 1. The van der Waals surface area contributed by atoms with Gasteiger partial charge in [-0.15, -0.1) is 0 Å². The molecule has 0 aliphatic rings. The van der Waals surface area contributed by atoms with Crippen LogP contribution in [-0.4, -0.2) is 56.3 Å². The standard InChI is InChI=1S/C23H25NO5.H2O/c1-24(11-10-15-8-9-21(28-3)22(12-15)29-4)23(26)18-13-16-6-5-7-20(27-2)17(16)14-19(18)25;/h5-9,12-14,25H,10-11H2,1-4H3;1H2. The average Bonchev–Trinajstić information content (AvgIpc) is 2.75. The molecule has 0 aliphatic carbocycles. The highest BCUT2D eigenvalue weighted by Crippen LogP contribution is 2.32. The van der Waals surface area contributed by atoms with Gasteiger partial charge in [0.25, 0.3) is 5.91 Å². The number of carbonyl (C=O) groups is 1. The zero-order valence-corrected chi connectivity index (χ0v) is 17.6. The van der Waals surface area contributed by atoms with Gasteiger partial charge in [-0.25, -0.2) is 0 Å². The van der Waals surface area contributed by atoms with E-state index in [9.17, 15) is 9.90 Å². The van der Waals surface area contributed by atoms with Gasteiger partial charge >= 0.3 is 0 Å². The number of carbonyl (C=O) groups excluding carboxylic acids is 1. The van der Waals surface area contributed by atoms with Gasteiger partial charge in [-0.3, -0.25) is 4.79 Å². The molecule has 0 aromatic heterocycles. The highest BCUT2D eigenvalue weighted by molar-refractivity contribution is 6.02. The number of hydrogen-bond acceptors (Lipinski definition) is 5. The summed E-state index contributed by atoms with van der Waals surface area (Å²) in [5, 5.41) is 12.0. The number of amides is 1. The van der Waals surface area contributed by atoms with E-state index in [4.69, 9.17) is 14.2 Å². The Morgan fingerprint density at radius 2 is 1.63 bits per heavy atom. The lowest BCUT2D eigenvalue weighted by atomic mass is 10.0. The number of ether oxygens (including phenoxy) is 3. The van der Waals surface area contributed by atoms with Gasteiger partial charge in [0.15, 0.2) is 11.5 Å². The van der Waals surface area contributed by atoms with Crippen molar-refractivity contribution in [3.8, 4) is 23.0 Å². The van der Waals surface area contributed by atoms with Gasteiger partial charge in [0.2, 0.25) is 0 Å². The van der Waals surface area contributed by atoms with Crippen molar-refractivity contribution in [1.29, 1.82) is 0 Å². The molecular weight excluding hydrogens is 386 g/mol. The smallest absolute Gasteiger partial charge is 0.257 e. The van der Waals surface area contributed by atoms with Crippen molar-refractivity contribution in [2.75, 3.05) is 34.9 Å². The van der Waals surface area contributed by atoms with Gasteiger partial charge in [0.1, 0.15) is 11.5 Å². The van der Waals surface area contributed by atoms with Gasteiger partial charge in [-0.1, -0.05) is 18.2 Å². The highest BCUT2D eigenvalue weighted by atomic mass is 16.5. The Labute approximate surface area is 175 Å². The van der Waals surface area contributed by atoms with Crippen LogP contribution in [0.3, 0.4) is 0 Å². The van der Waals surface area contributed by atoms with E-state index in [1.807, 2.05) is 36.4 Å². The number of methoxy groups -OCH3 is 3. The summed E-state index contributed by atoms with van der Waals surface area (Å²) in [7, 11) is 6.48. The van der Waals surface area contributed by atoms with Crippen LogP contribution in [0.2, 0.25) is 0 Å². The van der Waals surface area contributed by atoms with E-state index in [-0.39, 0.29) is 22.7 Å². The van der Waals surface area contributed by atoms with Crippen LogP contribution in [0.15, 0.2) is 48.5 Å². The number of nitrogens with zero attached hydrogens (tertiary/aromatic N) is 1. The molecule has 0 spiro atoms. The number of rotatable bonds is 7. The zero-order valence-electron chi connectivity index (χ0n) is 17.6. The first-order valence-electron chi connectivity index (χ1n) is 9.24. The van der Waals surface area contributed by atoms with E-state index < -0.39 is 0 Å². The largest absolute Gasteiger partial charge is 0.507 e. The SMILES string of the molecule is COc1ccc(CCN(C)C(=O)c2cc3cccc(OC)c3cc2O)cc1OC.O. The van der Waals surface area contributed by atoms with Crippen molar-refractivity contribution >= 4 is 16.7 Å². The quantitative estimate of drug-likeness (QED) is 0.642. The molecule has 0 heterocycles. The van der Waals surface area contributed by atoms with Crippen LogP contribution in [0.25, 0.3) is 10.8 Å². The molecular formula is C23H27NO6. The topological polar surface area (TPSA) is 99.7 Å². The molecule has 3 aromatic rings. The number of phenols is 1. The summed E-state index contributed by atoms with van der Waals surface area (Å²) in [5.74, 6) is 1.66. The summed E-state index contributed by atoms with van der Waals surface area (Å²) in [6.45, 7) is 0.490. The first kappa shape index (κ1) is 22.8. The monoisotopic (exact) mass is 413 g/mol. The predicted octanol–water partition coefficient (Wildman–Crippen LogP) is 3.06. The van der Waals surface area contributed by atoms with Crippen LogP contribution in [0.4, 0.5) is 0 Å². The molecule has 0 saturated carbocycles. The van der Waals surface area contributed by atoms with E-state index in [0.717, 1.165) is 16.3 Å². The maximum absolute atomic E-state index is 12.9. The number of benzene rings is 3. The Kier molecular flexibility index (Phi) is 7.49. The Balaban J connectivity index is 0.00000320. The first-order valence-corrected chi connectivity index (χ1v) is 9.24. The zero-order chi connectivity index (χ0) is 21.0. The minimum atomic E-state index is -0.243. The Morgan fingerprint density at radius 1 is 0.933 bits per heavy atom. The molecule has 0 fully saturated rings. The fraction of sp³-hybridized carbons (Fsp3) is 0.261. The third-order valence-electron chi connectivity index (χ3n) is 4.94.